The van der Waals surface area contributed by atoms with Gasteiger partial charge in [-0.25, -0.2) is 9.59 Å². The first kappa shape index (κ1) is 27.2. The number of halogens is 2. The second-order valence-electron chi connectivity index (χ2n) is 5.40. The number of hydrogen-bond donors (Lipinski definition) is 4. The van der Waals surface area contributed by atoms with Crippen LogP contribution in [0.25, 0.3) is 0 Å². The molecule has 29 heavy (non-hydrogen) atoms. The standard InChI is InChI=1S/2C7H6O2.C6H12Cl2O2S/c2*8-7(9)6-4-2-1-3-5-6;7-1-5(3-9)11-6(2-8)4-10/h2*1-5H,(H,8,9);5-6,9-10H,1-4H2. The summed E-state index contributed by atoms with van der Waals surface area (Å²) in [6, 6.07) is 16.6. The van der Waals surface area contributed by atoms with Gasteiger partial charge in [0.05, 0.1) is 24.3 Å². The fourth-order valence-electron chi connectivity index (χ4n) is 1.69. The van der Waals surface area contributed by atoms with Gasteiger partial charge in [0.1, 0.15) is 0 Å². The first-order valence-corrected chi connectivity index (χ1v) is 10.5. The van der Waals surface area contributed by atoms with E-state index in [4.69, 9.17) is 43.6 Å². The first-order valence-electron chi connectivity index (χ1n) is 8.45. The molecule has 4 N–H and O–H groups in total. The minimum absolute atomic E-state index is 0.0208. The Morgan fingerprint density at radius 2 is 1.03 bits per heavy atom. The van der Waals surface area contributed by atoms with E-state index in [1.165, 1.54) is 11.8 Å². The number of aromatic carboxylic acids is 2. The lowest BCUT2D eigenvalue weighted by molar-refractivity contribution is 0.0686. The highest BCUT2D eigenvalue weighted by molar-refractivity contribution is 8.00. The topological polar surface area (TPSA) is 115 Å². The van der Waals surface area contributed by atoms with Gasteiger partial charge in [-0.15, -0.1) is 35.0 Å². The molecule has 160 valence electrons. The van der Waals surface area contributed by atoms with Crippen LogP contribution in [0.4, 0.5) is 0 Å². The molecule has 2 atom stereocenters. The van der Waals surface area contributed by atoms with Crippen molar-refractivity contribution < 1.29 is 30.0 Å². The van der Waals surface area contributed by atoms with Crippen LogP contribution in [0.2, 0.25) is 0 Å². The van der Waals surface area contributed by atoms with Crippen LogP contribution in [0.1, 0.15) is 20.7 Å². The Labute approximate surface area is 184 Å². The molecule has 2 aromatic carbocycles. The smallest absolute Gasteiger partial charge is 0.335 e. The van der Waals surface area contributed by atoms with Crippen molar-refractivity contribution in [2.45, 2.75) is 10.5 Å². The predicted molar refractivity (Wildman–Crippen MR) is 118 cm³/mol. The highest BCUT2D eigenvalue weighted by Crippen LogP contribution is 2.19. The van der Waals surface area contributed by atoms with Gasteiger partial charge in [0.2, 0.25) is 0 Å². The van der Waals surface area contributed by atoms with Crippen molar-refractivity contribution in [3.8, 4) is 0 Å². The van der Waals surface area contributed by atoms with Gasteiger partial charge in [-0.05, 0) is 24.3 Å². The first-order chi connectivity index (χ1) is 13.9. The van der Waals surface area contributed by atoms with Crippen LogP contribution < -0.4 is 0 Å². The summed E-state index contributed by atoms with van der Waals surface area (Å²) in [5.74, 6) is -0.991. The molecule has 0 aliphatic rings. The molecule has 2 rings (SSSR count). The lowest BCUT2D eigenvalue weighted by Gasteiger charge is -2.15. The molecule has 0 saturated heterocycles. The van der Waals surface area contributed by atoms with Crippen molar-refractivity contribution in [2.75, 3.05) is 25.0 Å². The Kier molecular flexibility index (Phi) is 16.1. The van der Waals surface area contributed by atoms with Gasteiger partial charge in [-0.3, -0.25) is 0 Å². The van der Waals surface area contributed by atoms with E-state index in [1.54, 1.807) is 60.7 Å². The van der Waals surface area contributed by atoms with Crippen LogP contribution in [-0.2, 0) is 0 Å². The van der Waals surface area contributed by atoms with E-state index in [2.05, 4.69) is 0 Å². The molecule has 9 heteroatoms. The van der Waals surface area contributed by atoms with Crippen molar-refractivity contribution in [1.29, 1.82) is 0 Å². The second kappa shape index (κ2) is 17.1. The minimum atomic E-state index is -0.879. The number of hydrogen-bond acceptors (Lipinski definition) is 5. The van der Waals surface area contributed by atoms with E-state index < -0.39 is 11.9 Å². The van der Waals surface area contributed by atoms with Crippen molar-refractivity contribution in [3.05, 3.63) is 71.8 Å². The van der Waals surface area contributed by atoms with Gasteiger partial charge >= 0.3 is 11.9 Å². The maximum Gasteiger partial charge on any atom is 0.335 e. The molecule has 6 nitrogen and oxygen atoms in total. The Balaban J connectivity index is 0.000000408. The summed E-state index contributed by atoms with van der Waals surface area (Å²) < 4.78 is 0. The predicted octanol–water partition coefficient (Wildman–Crippen LogP) is 3.69. The van der Waals surface area contributed by atoms with Crippen LogP contribution in [0.5, 0.6) is 0 Å². The Bertz CT molecular complexity index is 620. The van der Waals surface area contributed by atoms with Crippen LogP contribution in [0.3, 0.4) is 0 Å². The molecule has 0 amide bonds. The fraction of sp³-hybridized carbons (Fsp3) is 0.300. The van der Waals surface area contributed by atoms with Crippen molar-refractivity contribution in [1.82, 2.24) is 0 Å². The zero-order valence-electron chi connectivity index (χ0n) is 15.5. The van der Waals surface area contributed by atoms with Crippen molar-refractivity contribution >= 4 is 46.9 Å². The number of aliphatic hydroxyl groups excluding tert-OH is 2. The third-order valence-corrected chi connectivity index (χ3v) is 5.69. The number of benzene rings is 2. The van der Waals surface area contributed by atoms with E-state index in [0.29, 0.717) is 22.9 Å². The van der Waals surface area contributed by atoms with E-state index >= 15 is 0 Å². The molecule has 0 radical (unpaired) electrons. The third kappa shape index (κ3) is 13.1. The highest BCUT2D eigenvalue weighted by atomic mass is 35.5. The van der Waals surface area contributed by atoms with Gasteiger partial charge in [0.15, 0.2) is 0 Å². The molecule has 0 aliphatic heterocycles. The summed E-state index contributed by atoms with van der Waals surface area (Å²) in [4.78, 5) is 20.4. The highest BCUT2D eigenvalue weighted by Gasteiger charge is 2.13. The van der Waals surface area contributed by atoms with Gasteiger partial charge in [0.25, 0.3) is 0 Å². The Morgan fingerprint density at radius 1 is 0.724 bits per heavy atom. The monoisotopic (exact) mass is 462 g/mol. The lowest BCUT2D eigenvalue weighted by Crippen LogP contribution is -2.20. The lowest BCUT2D eigenvalue weighted by atomic mass is 10.2. The molecular formula is C20H24Cl2O6S. The van der Waals surface area contributed by atoms with Crippen molar-refractivity contribution in [3.63, 3.8) is 0 Å². The number of alkyl halides is 2. The summed E-state index contributed by atoms with van der Waals surface area (Å²) in [6.45, 7) is 0.0586. The largest absolute Gasteiger partial charge is 0.478 e. The molecule has 0 saturated carbocycles. The number of thioether (sulfide) groups is 1. The van der Waals surface area contributed by atoms with Gasteiger partial charge < -0.3 is 20.4 Å². The zero-order chi connectivity index (χ0) is 22.1. The van der Waals surface area contributed by atoms with E-state index in [-0.39, 0.29) is 23.7 Å². The SMILES string of the molecule is O=C(O)c1ccccc1.O=C(O)c1ccccc1.OCC(CCl)SC(CO)CCl. The maximum absolute atomic E-state index is 10.2. The molecule has 2 aromatic rings. The van der Waals surface area contributed by atoms with Crippen LogP contribution >= 0.6 is 35.0 Å². The number of aliphatic hydroxyl groups is 2. The van der Waals surface area contributed by atoms with E-state index in [0.717, 1.165) is 0 Å². The number of carboxylic acids is 2. The molecule has 0 aromatic heterocycles. The Morgan fingerprint density at radius 3 is 1.21 bits per heavy atom. The summed E-state index contributed by atoms with van der Waals surface area (Å²) in [5, 5.41) is 34.2. The molecule has 0 fully saturated rings. The molecular weight excluding hydrogens is 439 g/mol. The quantitative estimate of drug-likeness (QED) is 0.442. The van der Waals surface area contributed by atoms with Gasteiger partial charge in [0, 0.05) is 22.3 Å². The molecule has 0 spiro atoms. The summed E-state index contributed by atoms with van der Waals surface area (Å²) in [7, 11) is 0. The number of carboxylic acid groups (broad SMARTS) is 2. The van der Waals surface area contributed by atoms with Gasteiger partial charge in [-0.1, -0.05) is 36.4 Å². The van der Waals surface area contributed by atoms with Crippen LogP contribution in [0, 0.1) is 0 Å². The van der Waals surface area contributed by atoms with Crippen molar-refractivity contribution in [2.24, 2.45) is 0 Å². The fourth-order valence-corrected chi connectivity index (χ4v) is 3.18. The summed E-state index contributed by atoms with van der Waals surface area (Å²) >= 11 is 12.5. The minimum Gasteiger partial charge on any atom is -0.478 e. The Hall–Kier alpha value is -1.77. The summed E-state index contributed by atoms with van der Waals surface area (Å²) in [6.07, 6.45) is 0. The van der Waals surface area contributed by atoms with Gasteiger partial charge in [-0.2, -0.15) is 0 Å². The van der Waals surface area contributed by atoms with E-state index in [9.17, 15) is 9.59 Å². The second-order valence-corrected chi connectivity index (χ2v) is 7.62. The molecule has 0 bridgehead atoms. The number of carbonyl (C=O) groups is 2. The maximum atomic E-state index is 10.2. The third-order valence-electron chi connectivity index (χ3n) is 3.18. The molecule has 0 heterocycles. The number of rotatable bonds is 8. The average Bonchev–Trinajstić information content (AvgIpc) is 2.77. The average molecular weight is 463 g/mol. The zero-order valence-corrected chi connectivity index (χ0v) is 17.9. The van der Waals surface area contributed by atoms with Crippen LogP contribution in [-0.4, -0.2) is 67.8 Å². The summed E-state index contributed by atoms with van der Waals surface area (Å²) in [5.41, 5.74) is 0.662. The molecule has 2 unspecified atom stereocenters. The normalized spacial score (nSPS) is 11.7. The van der Waals surface area contributed by atoms with Crippen LogP contribution in [0.15, 0.2) is 60.7 Å². The molecule has 0 aliphatic carbocycles. The van der Waals surface area contributed by atoms with E-state index in [1.807, 2.05) is 0 Å².